The van der Waals surface area contributed by atoms with Gasteiger partial charge in [0.1, 0.15) is 6.17 Å². The number of likely N-dealkylation sites (tertiary alicyclic amines) is 1. The van der Waals surface area contributed by atoms with Crippen LogP contribution in [0.15, 0.2) is 0 Å². The molecule has 0 aromatic rings. The van der Waals surface area contributed by atoms with Gasteiger partial charge in [-0.2, -0.15) is 0 Å². The molecule has 73 valence electrons. The van der Waals surface area contributed by atoms with Gasteiger partial charge in [0.05, 0.1) is 0 Å². The zero-order chi connectivity index (χ0) is 8.60. The molecule has 1 aliphatic heterocycles. The fourth-order valence-electron chi connectivity index (χ4n) is 1.87. The van der Waals surface area contributed by atoms with E-state index in [0.29, 0.717) is 5.41 Å². The maximum absolute atomic E-state index is 12.8. The first-order valence-electron chi connectivity index (χ1n) is 4.90. The third kappa shape index (κ3) is 3.56. The van der Waals surface area contributed by atoms with Crippen LogP contribution in [0.5, 0.6) is 0 Å². The predicted octanol–water partition coefficient (Wildman–Crippen LogP) is 2.03. The Bertz CT molecular complexity index is 162. The van der Waals surface area contributed by atoms with E-state index in [4.69, 9.17) is 0 Å². The summed E-state index contributed by atoms with van der Waals surface area (Å²) in [4.78, 5) is 2.37. The summed E-state index contributed by atoms with van der Waals surface area (Å²) in [6.45, 7) is 7.14. The minimum atomic E-state index is -0.541. The Morgan fingerprint density at radius 2 is 1.85 bits per heavy atom. The van der Waals surface area contributed by atoms with Crippen LogP contribution in [0.25, 0.3) is 0 Å². The molecule has 0 aromatic heterocycles. The van der Waals surface area contributed by atoms with Gasteiger partial charge in [-0.3, -0.25) is 0 Å². The van der Waals surface area contributed by atoms with Crippen LogP contribution >= 0.6 is 0 Å². The van der Waals surface area contributed by atoms with Crippen molar-refractivity contribution in [1.82, 2.24) is 4.90 Å². The van der Waals surface area contributed by atoms with E-state index >= 15 is 0 Å². The summed E-state index contributed by atoms with van der Waals surface area (Å²) in [5, 5.41) is 0. The predicted molar refractivity (Wildman–Crippen MR) is 47.6 cm³/mol. The Hall–Kier alpha value is 0.994. The van der Waals surface area contributed by atoms with Crippen LogP contribution in [0.2, 0.25) is 0 Å². The molecule has 1 aliphatic carbocycles. The Morgan fingerprint density at radius 1 is 1.31 bits per heavy atom. The molecule has 1 saturated carbocycles. The second-order valence-electron chi connectivity index (χ2n) is 4.45. The van der Waals surface area contributed by atoms with E-state index in [1.807, 2.05) is 0 Å². The van der Waals surface area contributed by atoms with Gasteiger partial charge >= 0.3 is 0 Å². The molecule has 0 atom stereocenters. The van der Waals surface area contributed by atoms with Crippen LogP contribution in [0.3, 0.4) is 0 Å². The quantitative estimate of drug-likeness (QED) is 0.686. The maximum atomic E-state index is 12.8. The summed E-state index contributed by atoms with van der Waals surface area (Å²) in [6.07, 6.45) is 3.46. The monoisotopic (exact) mass is 259 g/mol. The second kappa shape index (κ2) is 4.68. The number of halogens is 1. The van der Waals surface area contributed by atoms with Gasteiger partial charge in [-0.25, -0.2) is 4.39 Å². The normalized spacial score (nSPS) is 28.2. The van der Waals surface area contributed by atoms with Crippen molar-refractivity contribution in [2.24, 2.45) is 5.41 Å². The van der Waals surface area contributed by atoms with E-state index in [1.54, 1.807) is 0 Å². The van der Waals surface area contributed by atoms with Crippen LogP contribution in [-0.4, -0.2) is 30.7 Å². The molecule has 0 N–H and O–H groups in total. The zero-order valence-electron chi connectivity index (χ0n) is 8.14. The molecule has 0 amide bonds. The summed E-state index contributed by atoms with van der Waals surface area (Å²) in [7, 11) is 0. The molecule has 2 fully saturated rings. The largest absolute Gasteiger partial charge is 0.336 e. The summed E-state index contributed by atoms with van der Waals surface area (Å²) < 4.78 is 12.8. The number of hydrogen-bond donors (Lipinski definition) is 0. The van der Waals surface area contributed by atoms with Gasteiger partial charge in [0.2, 0.25) is 0 Å². The van der Waals surface area contributed by atoms with Gasteiger partial charge in [0.15, 0.2) is 0 Å². The summed E-state index contributed by atoms with van der Waals surface area (Å²) in [5.41, 5.74) is 0.350. The fourth-order valence-corrected chi connectivity index (χ4v) is 1.87. The average molecular weight is 259 g/mol. The van der Waals surface area contributed by atoms with Gasteiger partial charge in [0, 0.05) is 45.8 Å². The zero-order valence-corrected chi connectivity index (χ0v) is 11.0. The fraction of sp³-hybridized carbons (Fsp3) is 0.900. The van der Waals surface area contributed by atoms with Crippen LogP contribution < -0.4 is 0 Å². The van der Waals surface area contributed by atoms with Crippen molar-refractivity contribution >= 4 is 0 Å². The van der Waals surface area contributed by atoms with E-state index in [0.717, 1.165) is 32.5 Å². The Labute approximate surface area is 105 Å². The standard InChI is InChI=1S/C10H17FN.Y/c1-10(4-5-10)8-12-6-2-9(11)3-7-12;/h9H,1-8H2;/q-1;. The summed E-state index contributed by atoms with van der Waals surface area (Å²) in [5.74, 6) is 0. The number of rotatable bonds is 2. The molecule has 0 spiro atoms. The van der Waals surface area contributed by atoms with Crippen molar-refractivity contribution in [1.29, 1.82) is 0 Å². The van der Waals surface area contributed by atoms with E-state index in [-0.39, 0.29) is 32.7 Å². The van der Waals surface area contributed by atoms with Gasteiger partial charge in [0.25, 0.3) is 0 Å². The van der Waals surface area contributed by atoms with Crippen molar-refractivity contribution in [3.8, 4) is 0 Å². The molecular formula is C10H17FNY-. The molecule has 3 heteroatoms. The van der Waals surface area contributed by atoms with E-state index in [9.17, 15) is 4.39 Å². The van der Waals surface area contributed by atoms with Crippen molar-refractivity contribution in [3.05, 3.63) is 6.92 Å². The minimum Gasteiger partial charge on any atom is -0.336 e. The Kier molecular flexibility index (Phi) is 4.34. The Balaban J connectivity index is 0.000000845. The van der Waals surface area contributed by atoms with Crippen LogP contribution in [0, 0.1) is 12.3 Å². The number of hydrogen-bond acceptors (Lipinski definition) is 1. The molecule has 1 radical (unpaired) electrons. The maximum Gasteiger partial charge on any atom is 0.103 e. The summed E-state index contributed by atoms with van der Waals surface area (Å²) >= 11 is 0. The second-order valence-corrected chi connectivity index (χ2v) is 4.45. The first-order valence-corrected chi connectivity index (χ1v) is 4.90. The number of piperidine rings is 1. The molecule has 13 heavy (non-hydrogen) atoms. The SMILES string of the molecule is [CH2-]C1(CN2CCC(F)CC2)CC1.[Y]. The van der Waals surface area contributed by atoms with Gasteiger partial charge in [-0.1, -0.05) is 12.8 Å². The summed E-state index contributed by atoms with van der Waals surface area (Å²) in [6, 6.07) is 0. The van der Waals surface area contributed by atoms with Crippen LogP contribution in [-0.2, 0) is 32.7 Å². The molecular weight excluding hydrogens is 242 g/mol. The minimum absolute atomic E-state index is 0. The van der Waals surface area contributed by atoms with Gasteiger partial charge in [-0.05, 0) is 19.4 Å². The molecule has 1 saturated heterocycles. The smallest absolute Gasteiger partial charge is 0.103 e. The van der Waals surface area contributed by atoms with Crippen LogP contribution in [0.4, 0.5) is 4.39 Å². The first kappa shape index (κ1) is 12.1. The molecule has 2 rings (SSSR count). The van der Waals surface area contributed by atoms with Gasteiger partial charge < -0.3 is 11.8 Å². The molecule has 0 unspecified atom stereocenters. The van der Waals surface area contributed by atoms with Crippen molar-refractivity contribution < 1.29 is 37.1 Å². The van der Waals surface area contributed by atoms with Crippen molar-refractivity contribution in [2.45, 2.75) is 31.9 Å². The topological polar surface area (TPSA) is 3.24 Å². The van der Waals surface area contributed by atoms with Crippen molar-refractivity contribution in [3.63, 3.8) is 0 Å². The molecule has 0 aromatic carbocycles. The molecule has 0 bridgehead atoms. The average Bonchev–Trinajstić information content (AvgIpc) is 2.74. The third-order valence-corrected chi connectivity index (χ3v) is 3.03. The van der Waals surface area contributed by atoms with E-state index in [2.05, 4.69) is 11.8 Å². The molecule has 2 aliphatic rings. The van der Waals surface area contributed by atoms with E-state index in [1.165, 1.54) is 12.8 Å². The number of alkyl halides is 1. The van der Waals surface area contributed by atoms with E-state index < -0.39 is 6.17 Å². The van der Waals surface area contributed by atoms with Gasteiger partial charge in [-0.15, -0.1) is 5.41 Å². The molecule has 1 nitrogen and oxygen atoms in total. The molecule has 1 heterocycles. The van der Waals surface area contributed by atoms with Crippen LogP contribution in [0.1, 0.15) is 25.7 Å². The van der Waals surface area contributed by atoms with Crippen molar-refractivity contribution in [2.75, 3.05) is 19.6 Å². The Morgan fingerprint density at radius 3 is 2.31 bits per heavy atom. The number of nitrogens with zero attached hydrogens (tertiary/aromatic N) is 1. The third-order valence-electron chi connectivity index (χ3n) is 3.03. The first-order chi connectivity index (χ1) is 5.68.